The molecule has 6 nitrogen and oxygen atoms in total. The van der Waals surface area contributed by atoms with Crippen molar-refractivity contribution in [2.45, 2.75) is 25.6 Å². The quantitative estimate of drug-likeness (QED) is 0.406. The third kappa shape index (κ3) is 7.08. The Morgan fingerprint density at radius 2 is 1.67 bits per heavy atom. The molecule has 0 radical (unpaired) electrons. The van der Waals surface area contributed by atoms with Crippen LogP contribution in [-0.2, 0) is 40.4 Å². The number of nitrogens with zero attached hydrogens (tertiary/aromatic N) is 1. The topological polar surface area (TPSA) is 83.9 Å². The fourth-order valence-corrected chi connectivity index (χ4v) is 4.66. The lowest BCUT2D eigenvalue weighted by atomic mass is 9.94. The molecule has 0 aromatic heterocycles. The number of carboxylic acids is 1. The number of aliphatic carboxylic acids is 1. The number of hydrogen-bond donors (Lipinski definition) is 1. The van der Waals surface area contributed by atoms with Crippen LogP contribution in [0.4, 0.5) is 13.2 Å². The number of halogens is 3. The Balaban J connectivity index is 2.10. The van der Waals surface area contributed by atoms with Crippen LogP contribution >= 0.6 is 0 Å². The van der Waals surface area contributed by atoms with Gasteiger partial charge in [0.2, 0.25) is 10.0 Å². The molecule has 192 valence electrons. The van der Waals surface area contributed by atoms with Crippen LogP contribution in [0.25, 0.3) is 11.1 Å². The molecule has 0 spiro atoms. The summed E-state index contributed by atoms with van der Waals surface area (Å²) in [5, 5.41) is 9.17. The van der Waals surface area contributed by atoms with E-state index in [9.17, 15) is 26.4 Å². The Bertz CT molecular complexity index is 1330. The van der Waals surface area contributed by atoms with Gasteiger partial charge in [-0.2, -0.15) is 17.5 Å². The molecule has 3 rings (SSSR count). The second kappa shape index (κ2) is 11.1. The highest BCUT2D eigenvalue weighted by Gasteiger charge is 2.32. The van der Waals surface area contributed by atoms with Crippen molar-refractivity contribution in [1.29, 1.82) is 0 Å². The van der Waals surface area contributed by atoms with E-state index >= 15 is 0 Å². The van der Waals surface area contributed by atoms with E-state index in [1.165, 1.54) is 19.2 Å². The lowest BCUT2D eigenvalue weighted by molar-refractivity contribution is -0.138. The highest BCUT2D eigenvalue weighted by Crippen LogP contribution is 2.38. The number of carbonyl (C=O) groups is 1. The number of benzene rings is 3. The standard InChI is InChI=1S/C26H26F3NO5S/c1-35-24-11-8-19(15-25(31)32)14-23(24)22-10-9-21(26(27,28)29)16-20(22)17-30(36(2,33)34)13-12-18-6-4-3-5-7-18/h3-11,14,16H,12-13,15,17H2,1-2H3,(H,31,32). The summed E-state index contributed by atoms with van der Waals surface area (Å²) in [6.45, 7) is -0.244. The fraction of sp³-hybridized carbons (Fsp3) is 0.269. The molecule has 0 bridgehead atoms. The van der Waals surface area contributed by atoms with Crippen LogP contribution in [0.2, 0.25) is 0 Å². The number of methoxy groups -OCH3 is 1. The maximum Gasteiger partial charge on any atom is 0.416 e. The van der Waals surface area contributed by atoms with Crippen molar-refractivity contribution in [3.63, 3.8) is 0 Å². The normalized spacial score (nSPS) is 12.1. The summed E-state index contributed by atoms with van der Waals surface area (Å²) in [5.74, 6) is -0.747. The van der Waals surface area contributed by atoms with Crippen molar-refractivity contribution in [3.8, 4) is 16.9 Å². The van der Waals surface area contributed by atoms with Crippen molar-refractivity contribution in [3.05, 3.63) is 89.0 Å². The van der Waals surface area contributed by atoms with Gasteiger partial charge in [0.05, 0.1) is 25.3 Å². The molecule has 3 aromatic rings. The summed E-state index contributed by atoms with van der Waals surface area (Å²) in [5.41, 5.74) is 1.20. The monoisotopic (exact) mass is 521 g/mol. The molecule has 3 aromatic carbocycles. The average Bonchev–Trinajstić information content (AvgIpc) is 2.80. The molecule has 0 unspecified atom stereocenters. The van der Waals surface area contributed by atoms with Gasteiger partial charge in [0, 0.05) is 18.7 Å². The number of sulfonamides is 1. The van der Waals surface area contributed by atoms with E-state index in [1.807, 2.05) is 30.3 Å². The van der Waals surface area contributed by atoms with E-state index in [-0.39, 0.29) is 25.1 Å². The molecule has 0 amide bonds. The van der Waals surface area contributed by atoms with Crippen LogP contribution in [0, 0.1) is 0 Å². The molecule has 0 fully saturated rings. The first-order valence-electron chi connectivity index (χ1n) is 11.0. The Morgan fingerprint density at radius 1 is 0.972 bits per heavy atom. The Kier molecular flexibility index (Phi) is 8.42. The first-order valence-corrected chi connectivity index (χ1v) is 12.8. The highest BCUT2D eigenvalue weighted by molar-refractivity contribution is 7.88. The zero-order valence-electron chi connectivity index (χ0n) is 19.7. The number of rotatable bonds is 10. The van der Waals surface area contributed by atoms with Crippen LogP contribution < -0.4 is 4.74 Å². The number of alkyl halides is 3. The molecule has 0 heterocycles. The number of carboxylic acid groups (broad SMARTS) is 1. The Hall–Kier alpha value is -3.37. The van der Waals surface area contributed by atoms with Crippen LogP contribution in [0.3, 0.4) is 0 Å². The van der Waals surface area contributed by atoms with Gasteiger partial charge in [0.1, 0.15) is 5.75 Å². The number of hydrogen-bond acceptors (Lipinski definition) is 4. The van der Waals surface area contributed by atoms with E-state index in [1.54, 1.807) is 12.1 Å². The van der Waals surface area contributed by atoms with Crippen LogP contribution in [0.1, 0.15) is 22.3 Å². The van der Waals surface area contributed by atoms with Crippen LogP contribution in [-0.4, -0.2) is 43.7 Å². The summed E-state index contributed by atoms with van der Waals surface area (Å²) in [6.07, 6.45) is -3.54. The SMILES string of the molecule is COc1ccc(CC(=O)O)cc1-c1ccc(C(F)(F)F)cc1CN(CCc1ccccc1)S(C)(=O)=O. The van der Waals surface area contributed by atoms with E-state index in [0.717, 1.165) is 28.3 Å². The summed E-state index contributed by atoms with van der Waals surface area (Å²) >= 11 is 0. The molecule has 0 aliphatic rings. The lowest BCUT2D eigenvalue weighted by Crippen LogP contribution is -2.32. The molecule has 0 aliphatic heterocycles. The largest absolute Gasteiger partial charge is 0.496 e. The maximum atomic E-state index is 13.6. The average molecular weight is 522 g/mol. The van der Waals surface area contributed by atoms with Gasteiger partial charge >= 0.3 is 12.1 Å². The maximum absolute atomic E-state index is 13.6. The summed E-state index contributed by atoms with van der Waals surface area (Å²) < 4.78 is 72.4. The zero-order valence-corrected chi connectivity index (χ0v) is 20.6. The van der Waals surface area contributed by atoms with Crippen molar-refractivity contribution in [2.75, 3.05) is 19.9 Å². The van der Waals surface area contributed by atoms with E-state index in [4.69, 9.17) is 9.84 Å². The van der Waals surface area contributed by atoms with E-state index in [0.29, 0.717) is 28.9 Å². The smallest absolute Gasteiger partial charge is 0.416 e. The van der Waals surface area contributed by atoms with Crippen LogP contribution in [0.15, 0.2) is 66.7 Å². The van der Waals surface area contributed by atoms with Gasteiger partial charge in [-0.25, -0.2) is 8.42 Å². The fourth-order valence-electron chi connectivity index (χ4n) is 3.86. The van der Waals surface area contributed by atoms with Crippen molar-refractivity contribution < 1.29 is 36.2 Å². The first kappa shape index (κ1) is 27.2. The second-order valence-corrected chi connectivity index (χ2v) is 10.3. The Labute approximate surface area is 208 Å². The minimum atomic E-state index is -4.64. The summed E-state index contributed by atoms with van der Waals surface area (Å²) in [7, 11) is -2.39. The molecule has 10 heteroatoms. The van der Waals surface area contributed by atoms with Crippen molar-refractivity contribution >= 4 is 16.0 Å². The van der Waals surface area contributed by atoms with Gasteiger partial charge < -0.3 is 9.84 Å². The highest BCUT2D eigenvalue weighted by atomic mass is 32.2. The van der Waals surface area contributed by atoms with Crippen LogP contribution in [0.5, 0.6) is 5.75 Å². The van der Waals surface area contributed by atoms with Crippen molar-refractivity contribution in [1.82, 2.24) is 4.31 Å². The van der Waals surface area contributed by atoms with E-state index < -0.39 is 27.7 Å². The minimum absolute atomic E-state index is 0.0642. The molecular formula is C26H26F3NO5S. The van der Waals surface area contributed by atoms with Gasteiger partial charge in [-0.1, -0.05) is 42.5 Å². The number of ether oxygens (including phenoxy) is 1. The predicted molar refractivity (Wildman–Crippen MR) is 130 cm³/mol. The van der Waals surface area contributed by atoms with Crippen molar-refractivity contribution in [2.24, 2.45) is 0 Å². The lowest BCUT2D eigenvalue weighted by Gasteiger charge is -2.23. The second-order valence-electron chi connectivity index (χ2n) is 8.31. The Morgan fingerprint density at radius 3 is 2.25 bits per heavy atom. The van der Waals surface area contributed by atoms with Gasteiger partial charge in [-0.05, 0) is 52.9 Å². The van der Waals surface area contributed by atoms with Gasteiger partial charge in [0.15, 0.2) is 0 Å². The third-order valence-corrected chi connectivity index (χ3v) is 6.90. The zero-order chi connectivity index (χ0) is 26.5. The van der Waals surface area contributed by atoms with Gasteiger partial charge in [-0.15, -0.1) is 0 Å². The molecular weight excluding hydrogens is 495 g/mol. The predicted octanol–water partition coefficient (Wildman–Crippen LogP) is 5.01. The van der Waals surface area contributed by atoms with Gasteiger partial charge in [0.25, 0.3) is 0 Å². The third-order valence-electron chi connectivity index (χ3n) is 5.65. The molecule has 0 saturated heterocycles. The molecule has 0 atom stereocenters. The molecule has 36 heavy (non-hydrogen) atoms. The van der Waals surface area contributed by atoms with Gasteiger partial charge in [-0.3, -0.25) is 4.79 Å². The molecule has 1 N–H and O–H groups in total. The minimum Gasteiger partial charge on any atom is -0.496 e. The summed E-state index contributed by atoms with van der Waals surface area (Å²) in [6, 6.07) is 16.9. The first-order chi connectivity index (χ1) is 16.9. The molecule has 0 aliphatic carbocycles. The van der Waals surface area contributed by atoms with E-state index in [2.05, 4.69) is 0 Å². The summed E-state index contributed by atoms with van der Waals surface area (Å²) in [4.78, 5) is 11.2. The molecule has 0 saturated carbocycles.